The van der Waals surface area contributed by atoms with Gasteiger partial charge in [0.05, 0.1) is 17.9 Å². The van der Waals surface area contributed by atoms with Crippen LogP contribution >= 0.6 is 11.3 Å². The number of thiazole rings is 1. The number of nitrogens with zero attached hydrogens (tertiary/aromatic N) is 2. The molecule has 0 saturated carbocycles. The quantitative estimate of drug-likeness (QED) is 0.439. The maximum Gasteiger partial charge on any atom is 0.420 e. The standard InChI is InChI=1S/C22H30F3N3OS/c1-3-4-5-11-29-20-9-8-17(12-19(20)22(23,24)25)26-21-27-18(15-30-21)14-28-10-6-7-16(2)13-28/h8-9,12,15-16H,3-7,10-11,13-14H2,1-2H3,(H,26,27). The van der Waals surface area contributed by atoms with Crippen LogP contribution in [0, 0.1) is 5.92 Å². The van der Waals surface area contributed by atoms with Crippen molar-refractivity contribution < 1.29 is 17.9 Å². The van der Waals surface area contributed by atoms with Gasteiger partial charge in [0.2, 0.25) is 0 Å². The van der Waals surface area contributed by atoms with Crippen molar-refractivity contribution in [3.8, 4) is 5.75 Å². The lowest BCUT2D eigenvalue weighted by Crippen LogP contribution is -2.33. The fraction of sp³-hybridized carbons (Fsp3) is 0.591. The monoisotopic (exact) mass is 441 g/mol. The first-order valence-electron chi connectivity index (χ1n) is 10.6. The summed E-state index contributed by atoms with van der Waals surface area (Å²) in [6, 6.07) is 4.10. The summed E-state index contributed by atoms with van der Waals surface area (Å²) in [6.07, 6.45) is 0.653. The lowest BCUT2D eigenvalue weighted by Gasteiger charge is -2.30. The van der Waals surface area contributed by atoms with Gasteiger partial charge in [-0.2, -0.15) is 13.2 Å². The van der Waals surface area contributed by atoms with Gasteiger partial charge in [0.25, 0.3) is 0 Å². The van der Waals surface area contributed by atoms with Gasteiger partial charge in [-0.1, -0.05) is 26.7 Å². The summed E-state index contributed by atoms with van der Waals surface area (Å²) in [5, 5.41) is 5.59. The van der Waals surface area contributed by atoms with Gasteiger partial charge in [-0.25, -0.2) is 4.98 Å². The number of piperidine rings is 1. The van der Waals surface area contributed by atoms with Crippen molar-refractivity contribution in [1.82, 2.24) is 9.88 Å². The Hall–Kier alpha value is -1.80. The molecule has 166 valence electrons. The summed E-state index contributed by atoms with van der Waals surface area (Å²) in [4.78, 5) is 6.95. The van der Waals surface area contributed by atoms with Crippen LogP contribution in [0.1, 0.15) is 57.2 Å². The third-order valence-electron chi connectivity index (χ3n) is 5.22. The average Bonchev–Trinajstić information content (AvgIpc) is 3.12. The van der Waals surface area contributed by atoms with E-state index in [1.807, 2.05) is 12.3 Å². The van der Waals surface area contributed by atoms with Crippen LogP contribution in [0.25, 0.3) is 0 Å². The molecule has 1 N–H and O–H groups in total. The van der Waals surface area contributed by atoms with Crippen LogP contribution in [0.15, 0.2) is 23.6 Å². The van der Waals surface area contributed by atoms with Gasteiger partial charge < -0.3 is 10.1 Å². The van der Waals surface area contributed by atoms with Gasteiger partial charge in [-0.15, -0.1) is 11.3 Å². The van der Waals surface area contributed by atoms with Crippen LogP contribution < -0.4 is 10.1 Å². The molecule has 0 spiro atoms. The molecule has 30 heavy (non-hydrogen) atoms. The van der Waals surface area contributed by atoms with Crippen molar-refractivity contribution in [2.75, 3.05) is 25.0 Å². The molecule has 1 aliphatic rings. The van der Waals surface area contributed by atoms with Crippen molar-refractivity contribution in [2.45, 2.75) is 58.7 Å². The number of nitrogens with one attached hydrogen (secondary N) is 1. The molecule has 1 saturated heterocycles. The van der Waals surface area contributed by atoms with E-state index in [0.717, 1.165) is 50.7 Å². The molecule has 1 aliphatic heterocycles. The Morgan fingerprint density at radius 3 is 2.87 bits per heavy atom. The van der Waals surface area contributed by atoms with E-state index in [0.29, 0.717) is 16.7 Å². The zero-order chi connectivity index (χ0) is 21.6. The predicted octanol–water partition coefficient (Wildman–Crippen LogP) is 6.71. The SMILES string of the molecule is CCCCCOc1ccc(Nc2nc(CN3CCCC(C)C3)cs2)cc1C(F)(F)F. The molecule has 1 unspecified atom stereocenters. The summed E-state index contributed by atoms with van der Waals surface area (Å²) in [6.45, 7) is 7.50. The van der Waals surface area contributed by atoms with E-state index in [4.69, 9.17) is 4.74 Å². The minimum atomic E-state index is -4.48. The summed E-state index contributed by atoms with van der Waals surface area (Å²) in [7, 11) is 0. The molecular formula is C22H30F3N3OS. The highest BCUT2D eigenvalue weighted by Gasteiger charge is 2.34. The fourth-order valence-corrected chi connectivity index (χ4v) is 4.43. The molecular weight excluding hydrogens is 411 g/mol. The smallest absolute Gasteiger partial charge is 0.420 e. The fourth-order valence-electron chi connectivity index (χ4n) is 3.71. The third-order valence-corrected chi connectivity index (χ3v) is 6.03. The Kier molecular flexibility index (Phi) is 7.99. The molecule has 4 nitrogen and oxygen atoms in total. The Balaban J connectivity index is 1.65. The second-order valence-electron chi connectivity index (χ2n) is 8.02. The number of halogens is 3. The molecule has 0 amide bonds. The maximum absolute atomic E-state index is 13.5. The molecule has 3 rings (SSSR count). The van der Waals surface area contributed by atoms with Gasteiger partial charge in [0.1, 0.15) is 5.75 Å². The minimum Gasteiger partial charge on any atom is -0.493 e. The lowest BCUT2D eigenvalue weighted by molar-refractivity contribution is -0.138. The number of hydrogen-bond donors (Lipinski definition) is 1. The van der Waals surface area contributed by atoms with E-state index in [9.17, 15) is 13.2 Å². The molecule has 0 bridgehead atoms. The van der Waals surface area contributed by atoms with Crippen LogP contribution in [-0.4, -0.2) is 29.6 Å². The first-order chi connectivity index (χ1) is 14.3. The molecule has 1 atom stereocenters. The second-order valence-corrected chi connectivity index (χ2v) is 8.87. The first-order valence-corrected chi connectivity index (χ1v) is 11.5. The van der Waals surface area contributed by atoms with Crippen LogP contribution in [0.5, 0.6) is 5.75 Å². The Labute approximate surface area is 180 Å². The van der Waals surface area contributed by atoms with E-state index in [2.05, 4.69) is 22.1 Å². The van der Waals surface area contributed by atoms with Gasteiger partial charge in [-0.05, 0) is 49.9 Å². The van der Waals surface area contributed by atoms with Crippen molar-refractivity contribution in [1.29, 1.82) is 0 Å². The average molecular weight is 442 g/mol. The summed E-state index contributed by atoms with van der Waals surface area (Å²) >= 11 is 1.41. The third kappa shape index (κ3) is 6.60. The number of likely N-dealkylation sites (tertiary alicyclic amines) is 1. The van der Waals surface area contributed by atoms with Crippen LogP contribution in [0.4, 0.5) is 24.0 Å². The first kappa shape index (κ1) is 22.9. The van der Waals surface area contributed by atoms with Crippen molar-refractivity contribution >= 4 is 22.2 Å². The van der Waals surface area contributed by atoms with E-state index in [1.165, 1.54) is 30.2 Å². The largest absolute Gasteiger partial charge is 0.493 e. The molecule has 2 heterocycles. The highest BCUT2D eigenvalue weighted by molar-refractivity contribution is 7.13. The summed E-state index contributed by atoms with van der Waals surface area (Å²) in [5.74, 6) is 0.571. The number of ether oxygens (including phenoxy) is 1. The number of benzene rings is 1. The van der Waals surface area contributed by atoms with Gasteiger partial charge in [0, 0.05) is 24.2 Å². The van der Waals surface area contributed by atoms with E-state index < -0.39 is 11.7 Å². The summed E-state index contributed by atoms with van der Waals surface area (Å²) < 4.78 is 45.9. The predicted molar refractivity (Wildman–Crippen MR) is 116 cm³/mol. The zero-order valence-corrected chi connectivity index (χ0v) is 18.4. The number of aromatic nitrogens is 1. The molecule has 8 heteroatoms. The summed E-state index contributed by atoms with van der Waals surface area (Å²) in [5.41, 5.74) is 0.544. The second kappa shape index (κ2) is 10.5. The number of alkyl halides is 3. The highest BCUT2D eigenvalue weighted by Crippen LogP contribution is 2.38. The molecule has 1 aromatic heterocycles. The van der Waals surface area contributed by atoms with Crippen LogP contribution in [0.3, 0.4) is 0 Å². The Bertz CT molecular complexity index is 809. The minimum absolute atomic E-state index is 0.122. The zero-order valence-electron chi connectivity index (χ0n) is 17.6. The van der Waals surface area contributed by atoms with Crippen molar-refractivity contribution in [3.63, 3.8) is 0 Å². The highest BCUT2D eigenvalue weighted by atomic mass is 32.1. The molecule has 1 aromatic carbocycles. The lowest BCUT2D eigenvalue weighted by atomic mass is 10.0. The van der Waals surface area contributed by atoms with Crippen LogP contribution in [0.2, 0.25) is 0 Å². The molecule has 0 radical (unpaired) electrons. The van der Waals surface area contributed by atoms with Crippen molar-refractivity contribution in [3.05, 3.63) is 34.8 Å². The molecule has 1 fully saturated rings. The number of rotatable bonds is 9. The maximum atomic E-state index is 13.5. The molecule has 2 aromatic rings. The van der Waals surface area contributed by atoms with Gasteiger partial charge in [0.15, 0.2) is 5.13 Å². The van der Waals surface area contributed by atoms with Crippen molar-refractivity contribution in [2.24, 2.45) is 5.92 Å². The topological polar surface area (TPSA) is 37.4 Å². The van der Waals surface area contributed by atoms with Gasteiger partial charge >= 0.3 is 6.18 Å². The van der Waals surface area contributed by atoms with E-state index >= 15 is 0 Å². The number of unbranched alkanes of at least 4 members (excludes halogenated alkanes) is 2. The Morgan fingerprint density at radius 1 is 1.30 bits per heavy atom. The van der Waals surface area contributed by atoms with Crippen LogP contribution in [-0.2, 0) is 12.7 Å². The number of anilines is 2. The van der Waals surface area contributed by atoms with E-state index in [-0.39, 0.29) is 12.4 Å². The Morgan fingerprint density at radius 2 is 2.13 bits per heavy atom. The number of hydrogen-bond acceptors (Lipinski definition) is 5. The van der Waals surface area contributed by atoms with Gasteiger partial charge in [-0.3, -0.25) is 4.90 Å². The molecule has 0 aliphatic carbocycles. The van der Waals surface area contributed by atoms with E-state index in [1.54, 1.807) is 6.07 Å². The normalized spacial score (nSPS) is 17.8.